The summed E-state index contributed by atoms with van der Waals surface area (Å²) < 4.78 is 16.0. The largest absolute Gasteiger partial charge is 0.493 e. The zero-order valence-corrected chi connectivity index (χ0v) is 10.0. The third-order valence-corrected chi connectivity index (χ3v) is 2.97. The highest BCUT2D eigenvalue weighted by molar-refractivity contribution is 9.10. The molecule has 4 nitrogen and oxygen atoms in total. The van der Waals surface area contributed by atoms with Gasteiger partial charge in [-0.25, -0.2) is 0 Å². The van der Waals surface area contributed by atoms with Gasteiger partial charge in [-0.1, -0.05) is 0 Å². The van der Waals surface area contributed by atoms with Gasteiger partial charge in [0.1, 0.15) is 0 Å². The van der Waals surface area contributed by atoms with E-state index in [2.05, 4.69) is 15.9 Å². The van der Waals surface area contributed by atoms with Crippen LogP contribution in [0.4, 0.5) is 0 Å². The van der Waals surface area contributed by atoms with Crippen LogP contribution in [0.25, 0.3) is 0 Å². The molecule has 1 aromatic carbocycles. The standard InChI is InChI=1S/C9H6BrClO4/c1-13-5-2-4(9(11)12)6(10)8-7(5)14-3-15-8/h2H,3H2,1H3. The molecule has 0 atom stereocenters. The Morgan fingerprint density at radius 3 is 2.80 bits per heavy atom. The van der Waals surface area contributed by atoms with Crippen molar-refractivity contribution in [2.75, 3.05) is 13.9 Å². The Kier molecular flexibility index (Phi) is 2.75. The number of fused-ring (bicyclic) bond motifs is 1. The van der Waals surface area contributed by atoms with E-state index in [1.807, 2.05) is 0 Å². The normalized spacial score (nSPS) is 12.7. The number of carbonyl (C=O) groups excluding carboxylic acids is 1. The quantitative estimate of drug-likeness (QED) is 0.786. The van der Waals surface area contributed by atoms with Crippen LogP contribution in [0.2, 0.25) is 0 Å². The smallest absolute Gasteiger partial charge is 0.253 e. The number of hydrogen-bond donors (Lipinski definition) is 0. The summed E-state index contributed by atoms with van der Waals surface area (Å²) in [6, 6.07) is 1.51. The molecule has 0 aliphatic carbocycles. The average molecular weight is 294 g/mol. The summed E-state index contributed by atoms with van der Waals surface area (Å²) >= 11 is 8.65. The van der Waals surface area contributed by atoms with Crippen molar-refractivity contribution in [2.24, 2.45) is 0 Å². The Labute approximate surface area is 99.2 Å². The molecule has 1 aliphatic heterocycles. The Hall–Kier alpha value is -0.940. The molecule has 0 bridgehead atoms. The molecule has 0 fully saturated rings. The van der Waals surface area contributed by atoms with Crippen LogP contribution in [-0.4, -0.2) is 19.1 Å². The lowest BCUT2D eigenvalue weighted by atomic mass is 10.2. The molecule has 0 spiro atoms. The van der Waals surface area contributed by atoms with E-state index in [1.165, 1.54) is 13.2 Å². The highest BCUT2D eigenvalue weighted by Crippen LogP contribution is 2.47. The Balaban J connectivity index is 2.66. The van der Waals surface area contributed by atoms with Crippen LogP contribution in [0.15, 0.2) is 10.5 Å². The topological polar surface area (TPSA) is 44.8 Å². The van der Waals surface area contributed by atoms with Gasteiger partial charge in [-0.05, 0) is 33.6 Å². The third kappa shape index (κ3) is 1.66. The van der Waals surface area contributed by atoms with E-state index in [0.29, 0.717) is 21.7 Å². The molecule has 2 rings (SSSR count). The maximum absolute atomic E-state index is 11.1. The fraction of sp³-hybridized carbons (Fsp3) is 0.222. The highest BCUT2D eigenvalue weighted by atomic mass is 79.9. The highest BCUT2D eigenvalue weighted by Gasteiger charge is 2.26. The predicted molar refractivity (Wildman–Crippen MR) is 57.0 cm³/mol. The van der Waals surface area contributed by atoms with Crippen molar-refractivity contribution < 1.29 is 19.0 Å². The van der Waals surface area contributed by atoms with E-state index in [-0.39, 0.29) is 12.4 Å². The molecule has 15 heavy (non-hydrogen) atoms. The Bertz CT molecular complexity index is 433. The minimum Gasteiger partial charge on any atom is -0.493 e. The molecule has 1 aromatic rings. The summed E-state index contributed by atoms with van der Waals surface area (Å²) in [5, 5.41) is -0.585. The van der Waals surface area contributed by atoms with Crippen LogP contribution in [0.3, 0.4) is 0 Å². The lowest BCUT2D eigenvalue weighted by Gasteiger charge is -2.08. The van der Waals surface area contributed by atoms with E-state index in [0.717, 1.165) is 0 Å². The first kappa shape index (κ1) is 10.6. The Morgan fingerprint density at radius 1 is 1.53 bits per heavy atom. The van der Waals surface area contributed by atoms with Crippen LogP contribution in [0, 0.1) is 0 Å². The van der Waals surface area contributed by atoms with Gasteiger partial charge in [0.05, 0.1) is 17.1 Å². The van der Waals surface area contributed by atoms with Crippen LogP contribution >= 0.6 is 27.5 Å². The van der Waals surface area contributed by atoms with Crippen molar-refractivity contribution >= 4 is 32.8 Å². The van der Waals surface area contributed by atoms with Gasteiger partial charge in [0.25, 0.3) is 5.24 Å². The molecule has 0 amide bonds. The monoisotopic (exact) mass is 292 g/mol. The summed E-state index contributed by atoms with van der Waals surface area (Å²) in [4.78, 5) is 11.1. The molecule has 0 saturated heterocycles. The molecule has 1 aliphatic rings. The molecule has 80 valence electrons. The number of benzene rings is 1. The van der Waals surface area contributed by atoms with E-state index in [1.54, 1.807) is 0 Å². The number of hydrogen-bond acceptors (Lipinski definition) is 4. The van der Waals surface area contributed by atoms with E-state index in [9.17, 15) is 4.79 Å². The number of ether oxygens (including phenoxy) is 3. The minimum absolute atomic E-state index is 0.101. The Morgan fingerprint density at radius 2 is 2.20 bits per heavy atom. The van der Waals surface area contributed by atoms with Gasteiger partial charge < -0.3 is 14.2 Å². The summed E-state index contributed by atoms with van der Waals surface area (Å²) in [6.07, 6.45) is 0. The zero-order chi connectivity index (χ0) is 11.0. The van der Waals surface area contributed by atoms with E-state index >= 15 is 0 Å². The van der Waals surface area contributed by atoms with Crippen molar-refractivity contribution in [3.63, 3.8) is 0 Å². The average Bonchev–Trinajstić information content (AvgIpc) is 2.67. The van der Waals surface area contributed by atoms with Crippen LogP contribution in [0.5, 0.6) is 17.2 Å². The van der Waals surface area contributed by atoms with Crippen LogP contribution in [0.1, 0.15) is 10.4 Å². The van der Waals surface area contributed by atoms with E-state index in [4.69, 9.17) is 25.8 Å². The van der Waals surface area contributed by atoms with Gasteiger partial charge in [0.2, 0.25) is 12.5 Å². The molecule has 0 unspecified atom stereocenters. The summed E-state index contributed by atoms with van der Waals surface area (Å²) in [5.74, 6) is 1.35. The molecule has 1 heterocycles. The first-order chi connectivity index (χ1) is 7.15. The fourth-order valence-corrected chi connectivity index (χ4v) is 2.15. The van der Waals surface area contributed by atoms with Gasteiger partial charge in [-0.2, -0.15) is 0 Å². The van der Waals surface area contributed by atoms with E-state index < -0.39 is 5.24 Å². The molecular formula is C9H6BrClO4. The molecule has 0 radical (unpaired) electrons. The van der Waals surface area contributed by atoms with Gasteiger partial charge in [0, 0.05) is 0 Å². The summed E-state index contributed by atoms with van der Waals surface area (Å²) in [6.45, 7) is 0.101. The lowest BCUT2D eigenvalue weighted by Crippen LogP contribution is -1.94. The second-order valence-electron chi connectivity index (χ2n) is 2.78. The van der Waals surface area contributed by atoms with Gasteiger partial charge >= 0.3 is 0 Å². The van der Waals surface area contributed by atoms with Gasteiger partial charge in [-0.3, -0.25) is 4.79 Å². The SMILES string of the molecule is COc1cc(C(=O)Cl)c(Br)c2c1OCO2. The maximum atomic E-state index is 11.1. The maximum Gasteiger partial charge on any atom is 0.253 e. The number of halogens is 2. The molecule has 0 N–H and O–H groups in total. The first-order valence-electron chi connectivity index (χ1n) is 4.01. The second-order valence-corrected chi connectivity index (χ2v) is 3.92. The molecule has 0 saturated carbocycles. The number of rotatable bonds is 2. The first-order valence-corrected chi connectivity index (χ1v) is 5.18. The van der Waals surface area contributed by atoms with Crippen molar-refractivity contribution in [2.45, 2.75) is 0 Å². The van der Waals surface area contributed by atoms with Crippen molar-refractivity contribution in [3.05, 3.63) is 16.1 Å². The third-order valence-electron chi connectivity index (χ3n) is 1.98. The summed E-state index contributed by atoms with van der Waals surface area (Å²) in [5.41, 5.74) is 0.290. The van der Waals surface area contributed by atoms with Crippen molar-refractivity contribution in [3.8, 4) is 17.2 Å². The van der Waals surface area contributed by atoms with Crippen LogP contribution < -0.4 is 14.2 Å². The number of methoxy groups -OCH3 is 1. The molecular weight excluding hydrogens is 287 g/mol. The van der Waals surface area contributed by atoms with Gasteiger partial charge in [0.15, 0.2) is 11.5 Å². The van der Waals surface area contributed by atoms with Crippen LogP contribution in [-0.2, 0) is 0 Å². The lowest BCUT2D eigenvalue weighted by molar-refractivity contribution is 0.108. The minimum atomic E-state index is -0.585. The summed E-state index contributed by atoms with van der Waals surface area (Å²) in [7, 11) is 1.48. The number of carbonyl (C=O) groups is 1. The molecule has 6 heteroatoms. The molecule has 0 aromatic heterocycles. The fourth-order valence-electron chi connectivity index (χ4n) is 1.30. The van der Waals surface area contributed by atoms with Crippen molar-refractivity contribution in [1.82, 2.24) is 0 Å². The van der Waals surface area contributed by atoms with Gasteiger partial charge in [-0.15, -0.1) is 0 Å². The predicted octanol–water partition coefficient (Wildman–Crippen LogP) is 2.57. The van der Waals surface area contributed by atoms with Crippen molar-refractivity contribution in [1.29, 1.82) is 0 Å². The second kappa shape index (κ2) is 3.90. The zero-order valence-electron chi connectivity index (χ0n) is 7.67.